The van der Waals surface area contributed by atoms with Crippen LogP contribution >= 0.6 is 0 Å². The first-order chi connectivity index (χ1) is 25.8. The Balaban J connectivity index is 2.58. The summed E-state index contributed by atoms with van der Waals surface area (Å²) in [5, 5.41) is 11.3. The number of nitrogens with one attached hydrogen (secondary N) is 4. The maximum absolute atomic E-state index is 14.2. The lowest BCUT2D eigenvalue weighted by atomic mass is 9.90. The molecule has 2 fully saturated rings. The van der Waals surface area contributed by atoms with Gasteiger partial charge in [-0.05, 0) is 51.5 Å². The fraction of sp³-hybridized carbons (Fsp3) is 0.846. The highest BCUT2D eigenvalue weighted by molar-refractivity contribution is 5.97. The van der Waals surface area contributed by atoms with E-state index in [1.54, 1.807) is 21.0 Å². The van der Waals surface area contributed by atoms with Gasteiger partial charge in [0, 0.05) is 33.2 Å². The molecular formula is C39H72N8O7. The summed E-state index contributed by atoms with van der Waals surface area (Å²) in [7, 11) is 3.23. The van der Waals surface area contributed by atoms with E-state index in [1.165, 1.54) is 9.80 Å². The third-order valence-electron chi connectivity index (χ3n) is 10.9. The van der Waals surface area contributed by atoms with Crippen LogP contribution in [0.4, 0.5) is 0 Å². The van der Waals surface area contributed by atoms with Crippen molar-refractivity contribution in [1.82, 2.24) is 31.1 Å². The molecule has 54 heavy (non-hydrogen) atoms. The standard InChI is InChI=1S/C39H72N8O7/c1-7-9-10-15-20-32-27(4)39(53)47(6)31(17-8-2)37(51)45-34(28-18-13-11-12-14-19-28)38(52)44-30(24-41)36(50)43-29(35(49)42-26(3)25-54-32)23-33(48)46(5)22-16-21-40/h26-32,34H,7-25,40-41H2,1-6H3,(H,42,49)(H,43,50)(H,44,52)(H,45,51)/t26-,27?,29?,30?,31+,32-,34?/m1/s1. The van der Waals surface area contributed by atoms with Crippen molar-refractivity contribution in [3.05, 3.63) is 0 Å². The van der Waals surface area contributed by atoms with Gasteiger partial charge in [0.25, 0.3) is 0 Å². The molecule has 1 saturated heterocycles. The number of rotatable bonds is 14. The zero-order valence-electron chi connectivity index (χ0n) is 34.0. The van der Waals surface area contributed by atoms with Gasteiger partial charge in [0.15, 0.2) is 0 Å². The van der Waals surface area contributed by atoms with E-state index in [0.29, 0.717) is 51.6 Å². The van der Waals surface area contributed by atoms with Crippen molar-refractivity contribution in [2.75, 3.05) is 40.3 Å². The summed E-state index contributed by atoms with van der Waals surface area (Å²) in [6.45, 7) is 8.16. The Kier molecular flexibility index (Phi) is 21.7. The predicted molar refractivity (Wildman–Crippen MR) is 209 cm³/mol. The van der Waals surface area contributed by atoms with E-state index in [2.05, 4.69) is 28.2 Å². The molecule has 0 spiro atoms. The van der Waals surface area contributed by atoms with Crippen LogP contribution in [0.25, 0.3) is 0 Å². The Hall–Kier alpha value is -3.30. The summed E-state index contributed by atoms with van der Waals surface area (Å²) in [5.41, 5.74) is 11.7. The summed E-state index contributed by atoms with van der Waals surface area (Å²) in [6, 6.07) is -4.90. The average Bonchev–Trinajstić information content (AvgIpc) is 3.44. The van der Waals surface area contributed by atoms with Crippen molar-refractivity contribution in [2.45, 2.75) is 160 Å². The lowest BCUT2D eigenvalue weighted by Gasteiger charge is -2.34. The molecule has 1 aliphatic carbocycles. The van der Waals surface area contributed by atoms with E-state index in [0.717, 1.165) is 51.4 Å². The van der Waals surface area contributed by atoms with E-state index in [1.807, 2.05) is 13.8 Å². The smallest absolute Gasteiger partial charge is 0.244 e. The number of hydrogen-bond acceptors (Lipinski definition) is 9. The summed E-state index contributed by atoms with van der Waals surface area (Å²) in [5.74, 6) is -3.75. The van der Waals surface area contributed by atoms with Gasteiger partial charge in [-0.2, -0.15) is 0 Å². The van der Waals surface area contributed by atoms with Crippen LogP contribution in [0.1, 0.15) is 124 Å². The molecule has 6 amide bonds. The van der Waals surface area contributed by atoms with Gasteiger partial charge in [-0.15, -0.1) is 0 Å². The van der Waals surface area contributed by atoms with Crippen LogP contribution in [0.3, 0.4) is 0 Å². The van der Waals surface area contributed by atoms with Crippen LogP contribution in [0.5, 0.6) is 0 Å². The molecule has 0 aromatic rings. The maximum Gasteiger partial charge on any atom is 0.244 e. The fourth-order valence-electron chi connectivity index (χ4n) is 7.36. The number of carbonyl (C=O) groups is 6. The van der Waals surface area contributed by atoms with Crippen molar-refractivity contribution in [3.8, 4) is 0 Å². The molecule has 1 heterocycles. The van der Waals surface area contributed by atoms with E-state index < -0.39 is 65.9 Å². The molecule has 1 saturated carbocycles. The quantitative estimate of drug-likeness (QED) is 0.112. The van der Waals surface area contributed by atoms with Gasteiger partial charge in [0.05, 0.1) is 25.0 Å². The summed E-state index contributed by atoms with van der Waals surface area (Å²) < 4.78 is 6.37. The topological polar surface area (TPSA) is 218 Å². The largest absolute Gasteiger partial charge is 0.375 e. The third kappa shape index (κ3) is 15.1. The van der Waals surface area contributed by atoms with Crippen molar-refractivity contribution >= 4 is 35.4 Å². The first kappa shape index (κ1) is 46.9. The molecule has 2 rings (SSSR count). The van der Waals surface area contributed by atoms with Gasteiger partial charge in [-0.25, -0.2) is 0 Å². The van der Waals surface area contributed by atoms with Gasteiger partial charge in [-0.3, -0.25) is 28.8 Å². The molecule has 1 aliphatic heterocycles. The number of unbranched alkanes of at least 4 members (excludes halogenated alkanes) is 3. The Morgan fingerprint density at radius 3 is 2.06 bits per heavy atom. The summed E-state index contributed by atoms with van der Waals surface area (Å²) in [4.78, 5) is 86.1. The molecular weight excluding hydrogens is 692 g/mol. The van der Waals surface area contributed by atoms with Crippen LogP contribution in [0, 0.1) is 11.8 Å². The zero-order valence-corrected chi connectivity index (χ0v) is 34.0. The average molecular weight is 765 g/mol. The van der Waals surface area contributed by atoms with Crippen molar-refractivity contribution < 1.29 is 33.5 Å². The second kappa shape index (κ2) is 25.0. The SMILES string of the molecule is CCCCCC[C@H]1OC[C@@H](C)NC(=O)C(CC(=O)N(C)CCCN)NC(=O)C(CN)NC(=O)C(C2CCCCCC2)NC(=O)[C@H](CCC)N(C)C(=O)C1C. The van der Waals surface area contributed by atoms with Gasteiger partial charge in [-0.1, -0.05) is 78.6 Å². The van der Waals surface area contributed by atoms with Gasteiger partial charge >= 0.3 is 0 Å². The molecule has 310 valence electrons. The van der Waals surface area contributed by atoms with Crippen molar-refractivity contribution in [2.24, 2.45) is 23.3 Å². The number of carbonyl (C=O) groups excluding carboxylic acids is 6. The van der Waals surface area contributed by atoms with Crippen LogP contribution in [-0.4, -0.2) is 122 Å². The van der Waals surface area contributed by atoms with Crippen LogP contribution in [0.15, 0.2) is 0 Å². The Labute approximate surface area is 323 Å². The molecule has 4 unspecified atom stereocenters. The molecule has 2 aliphatic rings. The zero-order chi connectivity index (χ0) is 40.2. The number of hydrogen-bond donors (Lipinski definition) is 6. The Morgan fingerprint density at radius 2 is 1.44 bits per heavy atom. The third-order valence-corrected chi connectivity index (χ3v) is 10.9. The van der Waals surface area contributed by atoms with Gasteiger partial charge in [0.2, 0.25) is 35.4 Å². The predicted octanol–water partition coefficient (Wildman–Crippen LogP) is 1.70. The van der Waals surface area contributed by atoms with E-state index in [9.17, 15) is 28.8 Å². The monoisotopic (exact) mass is 765 g/mol. The van der Waals surface area contributed by atoms with Gasteiger partial charge < -0.3 is 47.3 Å². The Bertz CT molecular complexity index is 1200. The molecule has 0 bridgehead atoms. The highest BCUT2D eigenvalue weighted by Gasteiger charge is 2.38. The van der Waals surface area contributed by atoms with Crippen molar-refractivity contribution in [3.63, 3.8) is 0 Å². The number of likely N-dealkylation sites (N-methyl/N-ethyl adjacent to an activating group) is 1. The fourth-order valence-corrected chi connectivity index (χ4v) is 7.36. The first-order valence-electron chi connectivity index (χ1n) is 20.5. The summed E-state index contributed by atoms with van der Waals surface area (Å²) >= 11 is 0. The second-order valence-electron chi connectivity index (χ2n) is 15.4. The lowest BCUT2D eigenvalue weighted by molar-refractivity contribution is -0.147. The first-order valence-corrected chi connectivity index (χ1v) is 20.5. The minimum atomic E-state index is -1.29. The molecule has 7 atom stereocenters. The normalized spacial score (nSPS) is 27.7. The number of ether oxygens (including phenoxy) is 1. The minimum Gasteiger partial charge on any atom is -0.375 e. The lowest BCUT2D eigenvalue weighted by Crippen LogP contribution is -2.61. The molecule has 0 aromatic carbocycles. The molecule has 0 aromatic heterocycles. The summed E-state index contributed by atoms with van der Waals surface area (Å²) in [6.07, 6.45) is 10.5. The van der Waals surface area contributed by atoms with E-state index >= 15 is 0 Å². The number of nitrogens with two attached hydrogens (primary N) is 2. The molecule has 15 nitrogen and oxygen atoms in total. The number of nitrogens with zero attached hydrogens (tertiary/aromatic N) is 2. The second-order valence-corrected chi connectivity index (χ2v) is 15.4. The number of amides is 6. The van der Waals surface area contributed by atoms with Crippen LogP contribution in [-0.2, 0) is 33.5 Å². The highest BCUT2D eigenvalue weighted by Crippen LogP contribution is 2.27. The minimum absolute atomic E-state index is 0.0694. The van der Waals surface area contributed by atoms with Crippen molar-refractivity contribution in [1.29, 1.82) is 0 Å². The van der Waals surface area contributed by atoms with Crippen LogP contribution < -0.4 is 32.7 Å². The Morgan fingerprint density at radius 1 is 0.796 bits per heavy atom. The molecule has 0 radical (unpaired) electrons. The van der Waals surface area contributed by atoms with E-state index in [-0.39, 0.29) is 37.3 Å². The van der Waals surface area contributed by atoms with Crippen LogP contribution in [0.2, 0.25) is 0 Å². The highest BCUT2D eigenvalue weighted by atomic mass is 16.5. The molecule has 8 N–H and O–H groups in total. The molecule has 15 heteroatoms. The van der Waals surface area contributed by atoms with E-state index in [4.69, 9.17) is 16.2 Å². The maximum atomic E-state index is 14.2. The van der Waals surface area contributed by atoms with Gasteiger partial charge in [0.1, 0.15) is 24.2 Å².